The molecule has 4 nitrogen and oxygen atoms in total. The molecule has 0 fully saturated rings. The summed E-state index contributed by atoms with van der Waals surface area (Å²) in [5.74, 6) is 0. The van der Waals surface area contributed by atoms with Crippen molar-refractivity contribution in [2.24, 2.45) is 0 Å². The second-order valence-corrected chi connectivity index (χ2v) is 0.846. The molecule has 0 saturated carbocycles. The molecule has 0 saturated heterocycles. The Kier molecular flexibility index (Phi) is 3.22. The summed E-state index contributed by atoms with van der Waals surface area (Å²) in [4.78, 5) is 8.75. The average molecular weight is 104 g/mol. The maximum atomic E-state index is 9.38. The lowest BCUT2D eigenvalue weighted by molar-refractivity contribution is -0.475. The molecular weight excluding hydrogens is 98.0 g/mol. The van der Waals surface area contributed by atoms with Gasteiger partial charge in [-0.05, 0) is 6.92 Å². The topological polar surface area (TPSA) is 52.4 Å². The second-order valence-electron chi connectivity index (χ2n) is 0.846. The Hall–Kier alpha value is -0.640. The summed E-state index contributed by atoms with van der Waals surface area (Å²) in [6, 6.07) is 0. The van der Waals surface area contributed by atoms with Crippen LogP contribution in [0.25, 0.3) is 0 Å². The largest absolute Gasteiger partial charge is 0.409 e. The molecule has 0 aromatic heterocycles. The van der Waals surface area contributed by atoms with E-state index in [1.54, 1.807) is 6.92 Å². The van der Waals surface area contributed by atoms with Gasteiger partial charge in [-0.25, -0.2) is 0 Å². The zero-order valence-corrected chi connectivity index (χ0v) is 3.96. The molecule has 0 aliphatic heterocycles. The van der Waals surface area contributed by atoms with E-state index in [4.69, 9.17) is 0 Å². The lowest BCUT2D eigenvalue weighted by atomic mass is 10.9. The van der Waals surface area contributed by atoms with Gasteiger partial charge in [-0.3, -0.25) is 10.1 Å². The minimum Gasteiger partial charge on any atom is -0.310 e. The smallest absolute Gasteiger partial charge is 0.310 e. The number of hydrogen-bond donors (Lipinski definition) is 0. The summed E-state index contributed by atoms with van der Waals surface area (Å²) in [5, 5.41) is 9.38. The van der Waals surface area contributed by atoms with Crippen LogP contribution in [-0.4, -0.2) is 11.5 Å². The molecule has 0 spiro atoms. The fourth-order valence-corrected chi connectivity index (χ4v) is 0.135. The highest BCUT2D eigenvalue weighted by Gasteiger charge is 1.93. The number of hydrogen-bond acceptors (Lipinski definition) is 3. The molecular formula is C3H6NO3. The number of nitrogens with zero attached hydrogens (tertiary/aromatic N) is 1. The average Bonchev–Trinajstić information content (AvgIpc) is 1.61. The van der Waals surface area contributed by atoms with E-state index < -0.39 is 4.92 Å². The highest BCUT2D eigenvalue weighted by atomic mass is 16.7. The first-order valence-electron chi connectivity index (χ1n) is 1.85. The maximum absolute atomic E-state index is 9.38. The molecule has 0 aromatic carbocycles. The Morgan fingerprint density at radius 1 is 2.00 bits per heavy atom. The lowest BCUT2D eigenvalue weighted by Gasteiger charge is -1.85. The van der Waals surface area contributed by atoms with Crippen molar-refractivity contribution in [2.45, 2.75) is 6.92 Å². The van der Waals surface area contributed by atoms with Crippen LogP contribution in [0.3, 0.4) is 0 Å². The van der Waals surface area contributed by atoms with Crippen LogP contribution < -0.4 is 0 Å². The van der Waals surface area contributed by atoms with E-state index in [1.807, 2.05) is 0 Å². The first kappa shape index (κ1) is 6.36. The predicted molar refractivity (Wildman–Crippen MR) is 22.9 cm³/mol. The normalized spacial score (nSPS) is 8.71. The molecule has 0 N–H and O–H groups in total. The molecule has 0 heterocycles. The fourth-order valence-electron chi connectivity index (χ4n) is 0.135. The second kappa shape index (κ2) is 3.55. The van der Waals surface area contributed by atoms with E-state index in [0.29, 0.717) is 13.3 Å². The van der Waals surface area contributed by atoms with Gasteiger partial charge >= 0.3 is 6.73 Å². The van der Waals surface area contributed by atoms with E-state index in [2.05, 4.69) is 4.74 Å². The summed E-state index contributed by atoms with van der Waals surface area (Å²) in [7, 11) is 0. The molecule has 0 aromatic rings. The van der Waals surface area contributed by atoms with Crippen molar-refractivity contribution in [1.29, 1.82) is 0 Å². The van der Waals surface area contributed by atoms with Crippen molar-refractivity contribution in [3.05, 3.63) is 16.8 Å². The Morgan fingerprint density at radius 3 is 2.71 bits per heavy atom. The lowest BCUT2D eigenvalue weighted by Crippen LogP contribution is -1.96. The molecule has 0 aliphatic rings. The van der Waals surface area contributed by atoms with Gasteiger partial charge in [0, 0.05) is 0 Å². The summed E-state index contributed by atoms with van der Waals surface area (Å²) in [6.07, 6.45) is 0. The summed E-state index contributed by atoms with van der Waals surface area (Å²) in [6.45, 7) is 2.60. The Morgan fingerprint density at radius 2 is 2.57 bits per heavy atom. The number of nitro groups is 1. The van der Waals surface area contributed by atoms with Crippen LogP contribution in [0.1, 0.15) is 6.92 Å². The van der Waals surface area contributed by atoms with Gasteiger partial charge in [0.15, 0.2) is 0 Å². The third-order valence-corrected chi connectivity index (χ3v) is 0.327. The summed E-state index contributed by atoms with van der Waals surface area (Å²) in [5.41, 5.74) is 0. The summed E-state index contributed by atoms with van der Waals surface area (Å²) >= 11 is 0. The quantitative estimate of drug-likeness (QED) is 0.385. The monoisotopic (exact) mass is 104 g/mol. The van der Waals surface area contributed by atoms with Crippen LogP contribution in [0, 0.1) is 16.8 Å². The minimum absolute atomic E-state index is 0.348. The molecule has 41 valence electrons. The molecule has 1 radical (unpaired) electrons. The highest BCUT2D eigenvalue weighted by Crippen LogP contribution is 1.78. The Balaban J connectivity index is 2.82. The minimum atomic E-state index is -0.635. The van der Waals surface area contributed by atoms with Crippen molar-refractivity contribution >= 4 is 0 Å². The molecule has 4 heteroatoms. The number of ether oxygens (including phenoxy) is 1. The first-order chi connectivity index (χ1) is 3.27. The summed E-state index contributed by atoms with van der Waals surface area (Å²) < 4.78 is 4.27. The van der Waals surface area contributed by atoms with Crippen LogP contribution in [-0.2, 0) is 4.74 Å². The SMILES string of the molecule is CCO[CH][N+](=O)[O-]. The third-order valence-electron chi connectivity index (χ3n) is 0.327. The van der Waals surface area contributed by atoms with E-state index in [9.17, 15) is 10.1 Å². The van der Waals surface area contributed by atoms with Gasteiger partial charge in [0.2, 0.25) is 0 Å². The van der Waals surface area contributed by atoms with Crippen molar-refractivity contribution in [3.63, 3.8) is 0 Å². The van der Waals surface area contributed by atoms with Gasteiger partial charge in [0.25, 0.3) is 0 Å². The fraction of sp³-hybridized carbons (Fsp3) is 0.667. The molecule has 0 atom stereocenters. The Labute approximate surface area is 41.2 Å². The first-order valence-corrected chi connectivity index (χ1v) is 1.85. The van der Waals surface area contributed by atoms with E-state index in [1.165, 1.54) is 0 Å². The standard InChI is InChI=1S/C3H6NO3/c1-2-7-3-4(5)6/h3H,2H2,1H3. The van der Waals surface area contributed by atoms with E-state index in [0.717, 1.165) is 0 Å². The van der Waals surface area contributed by atoms with Gasteiger partial charge in [-0.2, -0.15) is 0 Å². The van der Waals surface area contributed by atoms with Crippen LogP contribution in [0.2, 0.25) is 0 Å². The van der Waals surface area contributed by atoms with Crippen LogP contribution >= 0.6 is 0 Å². The van der Waals surface area contributed by atoms with E-state index >= 15 is 0 Å². The van der Waals surface area contributed by atoms with Crippen molar-refractivity contribution in [2.75, 3.05) is 6.61 Å². The van der Waals surface area contributed by atoms with Gasteiger partial charge in [-0.15, -0.1) is 0 Å². The van der Waals surface area contributed by atoms with Crippen LogP contribution in [0.5, 0.6) is 0 Å². The van der Waals surface area contributed by atoms with Gasteiger partial charge in [0.05, 0.1) is 11.5 Å². The van der Waals surface area contributed by atoms with Crippen LogP contribution in [0.15, 0.2) is 0 Å². The van der Waals surface area contributed by atoms with Gasteiger partial charge in [0.1, 0.15) is 0 Å². The zero-order chi connectivity index (χ0) is 5.70. The van der Waals surface area contributed by atoms with Gasteiger partial charge < -0.3 is 4.74 Å². The highest BCUT2D eigenvalue weighted by molar-refractivity contribution is 4.21. The number of rotatable bonds is 3. The van der Waals surface area contributed by atoms with E-state index in [-0.39, 0.29) is 0 Å². The van der Waals surface area contributed by atoms with Crippen molar-refractivity contribution in [1.82, 2.24) is 0 Å². The zero-order valence-electron chi connectivity index (χ0n) is 3.96. The van der Waals surface area contributed by atoms with Gasteiger partial charge in [-0.1, -0.05) is 0 Å². The molecule has 0 bridgehead atoms. The maximum Gasteiger partial charge on any atom is 0.409 e. The third kappa shape index (κ3) is 5.36. The van der Waals surface area contributed by atoms with Crippen LogP contribution in [0.4, 0.5) is 0 Å². The predicted octanol–water partition coefficient (Wildman–Crippen LogP) is 0.419. The molecule has 0 aliphatic carbocycles. The Bertz CT molecular complexity index is 63.2. The molecule has 0 rings (SSSR count). The van der Waals surface area contributed by atoms with Crippen molar-refractivity contribution in [3.8, 4) is 0 Å². The molecule has 7 heavy (non-hydrogen) atoms. The molecule has 0 unspecified atom stereocenters. The van der Waals surface area contributed by atoms with Crippen molar-refractivity contribution < 1.29 is 9.66 Å². The molecule has 0 amide bonds.